The van der Waals surface area contributed by atoms with Crippen LogP contribution < -0.4 is 10.2 Å². The standard InChI is InChI=1S/C17H15N3O4S/c1-9-15(10(2)21)25-17(18-9)19-16(24)11-3-5-12(6-4-11)20-13(22)7-8-14(20)23/h3-6H,7-8H2,1-2H3,(H,18,19,24). The molecule has 3 amide bonds. The van der Waals surface area contributed by atoms with E-state index in [9.17, 15) is 19.2 Å². The Kier molecular flexibility index (Phi) is 4.45. The molecule has 1 aliphatic heterocycles. The molecule has 8 heteroatoms. The summed E-state index contributed by atoms with van der Waals surface area (Å²) >= 11 is 1.12. The van der Waals surface area contributed by atoms with Gasteiger partial charge in [0.25, 0.3) is 5.91 Å². The van der Waals surface area contributed by atoms with Crippen LogP contribution in [0.5, 0.6) is 0 Å². The molecule has 0 radical (unpaired) electrons. The molecular weight excluding hydrogens is 342 g/mol. The van der Waals surface area contributed by atoms with Gasteiger partial charge < -0.3 is 0 Å². The van der Waals surface area contributed by atoms with E-state index in [-0.39, 0.29) is 36.3 Å². The van der Waals surface area contributed by atoms with Crippen molar-refractivity contribution in [3.8, 4) is 0 Å². The fourth-order valence-corrected chi connectivity index (χ4v) is 3.43. The van der Waals surface area contributed by atoms with E-state index in [1.54, 1.807) is 19.1 Å². The van der Waals surface area contributed by atoms with Gasteiger partial charge in [-0.15, -0.1) is 0 Å². The second-order valence-corrected chi connectivity index (χ2v) is 6.61. The summed E-state index contributed by atoms with van der Waals surface area (Å²) in [6.45, 7) is 3.16. The molecule has 1 saturated heterocycles. The zero-order valence-electron chi connectivity index (χ0n) is 13.7. The Balaban J connectivity index is 1.75. The summed E-state index contributed by atoms with van der Waals surface area (Å²) in [5, 5.41) is 3.00. The fraction of sp³-hybridized carbons (Fsp3) is 0.235. The smallest absolute Gasteiger partial charge is 0.257 e. The molecule has 1 fully saturated rings. The number of hydrogen-bond donors (Lipinski definition) is 1. The maximum absolute atomic E-state index is 12.3. The van der Waals surface area contributed by atoms with Crippen molar-refractivity contribution in [3.05, 3.63) is 40.4 Å². The molecule has 0 unspecified atom stereocenters. The van der Waals surface area contributed by atoms with Crippen molar-refractivity contribution in [2.75, 3.05) is 10.2 Å². The number of carbonyl (C=O) groups is 4. The predicted octanol–water partition coefficient (Wildman–Crippen LogP) is 2.56. The molecule has 0 saturated carbocycles. The lowest BCUT2D eigenvalue weighted by atomic mass is 10.2. The van der Waals surface area contributed by atoms with Gasteiger partial charge in [-0.25, -0.2) is 4.98 Å². The minimum absolute atomic E-state index is 0.0974. The Morgan fingerprint density at radius 3 is 2.24 bits per heavy atom. The average Bonchev–Trinajstić information content (AvgIpc) is 3.10. The van der Waals surface area contributed by atoms with Gasteiger partial charge in [-0.05, 0) is 31.2 Å². The van der Waals surface area contributed by atoms with Crippen LogP contribution in [0, 0.1) is 6.92 Å². The van der Waals surface area contributed by atoms with Crippen LogP contribution in [0.15, 0.2) is 24.3 Å². The minimum Gasteiger partial charge on any atom is -0.298 e. The highest BCUT2D eigenvalue weighted by molar-refractivity contribution is 7.17. The lowest BCUT2D eigenvalue weighted by molar-refractivity contribution is -0.121. The molecule has 1 aromatic heterocycles. The summed E-state index contributed by atoms with van der Waals surface area (Å²) in [7, 11) is 0. The van der Waals surface area contributed by atoms with E-state index in [0.29, 0.717) is 27.0 Å². The summed E-state index contributed by atoms with van der Waals surface area (Å²) < 4.78 is 0. The van der Waals surface area contributed by atoms with Gasteiger partial charge in [0, 0.05) is 25.3 Å². The Morgan fingerprint density at radius 2 is 1.72 bits per heavy atom. The second-order valence-electron chi connectivity index (χ2n) is 5.61. The highest BCUT2D eigenvalue weighted by Crippen LogP contribution is 2.25. The third-order valence-electron chi connectivity index (χ3n) is 3.78. The third kappa shape index (κ3) is 3.34. The van der Waals surface area contributed by atoms with Gasteiger partial charge in [0.15, 0.2) is 10.9 Å². The Labute approximate surface area is 147 Å². The van der Waals surface area contributed by atoms with Crippen LogP contribution in [-0.4, -0.2) is 28.5 Å². The van der Waals surface area contributed by atoms with Crippen molar-refractivity contribution in [1.29, 1.82) is 0 Å². The summed E-state index contributed by atoms with van der Waals surface area (Å²) in [5.41, 5.74) is 1.39. The highest BCUT2D eigenvalue weighted by atomic mass is 32.1. The topological polar surface area (TPSA) is 96.4 Å². The molecule has 0 aliphatic carbocycles. The highest BCUT2D eigenvalue weighted by Gasteiger charge is 2.30. The van der Waals surface area contributed by atoms with Crippen LogP contribution >= 0.6 is 11.3 Å². The number of nitrogens with zero attached hydrogens (tertiary/aromatic N) is 2. The average molecular weight is 357 g/mol. The van der Waals surface area contributed by atoms with Crippen LogP contribution in [0.4, 0.5) is 10.8 Å². The number of anilines is 2. The first kappa shape index (κ1) is 17.0. The molecule has 2 aromatic rings. The maximum atomic E-state index is 12.3. The minimum atomic E-state index is -0.380. The van der Waals surface area contributed by atoms with E-state index >= 15 is 0 Å². The van der Waals surface area contributed by atoms with Crippen molar-refractivity contribution in [3.63, 3.8) is 0 Å². The van der Waals surface area contributed by atoms with Gasteiger partial charge in [-0.3, -0.25) is 29.4 Å². The maximum Gasteiger partial charge on any atom is 0.257 e. The van der Waals surface area contributed by atoms with Gasteiger partial charge in [0.1, 0.15) is 0 Å². The summed E-state index contributed by atoms with van der Waals surface area (Å²) in [6, 6.07) is 6.19. The van der Waals surface area contributed by atoms with Crippen LogP contribution in [0.1, 0.15) is 45.5 Å². The quantitative estimate of drug-likeness (QED) is 0.670. The number of thiazole rings is 1. The number of carbonyl (C=O) groups excluding carboxylic acids is 4. The first-order valence-electron chi connectivity index (χ1n) is 7.62. The van der Waals surface area contributed by atoms with Gasteiger partial charge in [0.2, 0.25) is 11.8 Å². The number of Topliss-reactive ketones (excluding diaryl/α,β-unsaturated/α-hetero) is 1. The van der Waals surface area contributed by atoms with Crippen molar-refractivity contribution in [1.82, 2.24) is 4.98 Å². The lowest BCUT2D eigenvalue weighted by Crippen LogP contribution is -2.28. The molecule has 25 heavy (non-hydrogen) atoms. The molecule has 1 aliphatic rings. The Morgan fingerprint density at radius 1 is 1.12 bits per heavy atom. The first-order valence-corrected chi connectivity index (χ1v) is 8.44. The monoisotopic (exact) mass is 357 g/mol. The van der Waals surface area contributed by atoms with Crippen molar-refractivity contribution >= 4 is 45.7 Å². The normalized spacial score (nSPS) is 14.1. The molecule has 1 N–H and O–H groups in total. The number of aromatic nitrogens is 1. The summed E-state index contributed by atoms with van der Waals surface area (Å²) in [5.74, 6) is -0.955. The van der Waals surface area contributed by atoms with Gasteiger partial charge in [-0.2, -0.15) is 0 Å². The number of amides is 3. The van der Waals surface area contributed by atoms with E-state index in [1.165, 1.54) is 19.1 Å². The predicted molar refractivity (Wildman–Crippen MR) is 93.0 cm³/mol. The molecule has 7 nitrogen and oxygen atoms in total. The molecule has 2 heterocycles. The molecular formula is C17H15N3O4S. The Bertz CT molecular complexity index is 870. The van der Waals surface area contributed by atoms with Crippen molar-refractivity contribution in [2.45, 2.75) is 26.7 Å². The fourth-order valence-electron chi connectivity index (χ4n) is 2.57. The van der Waals surface area contributed by atoms with Crippen LogP contribution in [0.25, 0.3) is 0 Å². The van der Waals surface area contributed by atoms with E-state index in [2.05, 4.69) is 10.3 Å². The molecule has 0 spiro atoms. The molecule has 0 bridgehead atoms. The number of nitrogens with one attached hydrogen (secondary N) is 1. The van der Waals surface area contributed by atoms with Crippen LogP contribution in [0.2, 0.25) is 0 Å². The van der Waals surface area contributed by atoms with E-state index < -0.39 is 0 Å². The molecule has 0 atom stereocenters. The summed E-state index contributed by atoms with van der Waals surface area (Å²) in [6.07, 6.45) is 0.423. The number of ketones is 1. The number of imide groups is 1. The zero-order chi connectivity index (χ0) is 18.1. The van der Waals surface area contributed by atoms with Crippen molar-refractivity contribution in [2.24, 2.45) is 0 Å². The van der Waals surface area contributed by atoms with E-state index in [4.69, 9.17) is 0 Å². The number of benzene rings is 1. The number of rotatable bonds is 4. The SMILES string of the molecule is CC(=O)c1sc(NC(=O)c2ccc(N3C(=O)CCC3=O)cc2)nc1C. The van der Waals surface area contributed by atoms with Crippen LogP contribution in [0.3, 0.4) is 0 Å². The van der Waals surface area contributed by atoms with Gasteiger partial charge in [0.05, 0.1) is 16.3 Å². The van der Waals surface area contributed by atoms with Crippen molar-refractivity contribution < 1.29 is 19.2 Å². The first-order chi connectivity index (χ1) is 11.9. The van der Waals surface area contributed by atoms with Gasteiger partial charge >= 0.3 is 0 Å². The largest absolute Gasteiger partial charge is 0.298 e. The van der Waals surface area contributed by atoms with Crippen LogP contribution in [-0.2, 0) is 9.59 Å². The third-order valence-corrected chi connectivity index (χ3v) is 4.95. The van der Waals surface area contributed by atoms with Gasteiger partial charge in [-0.1, -0.05) is 11.3 Å². The molecule has 128 valence electrons. The van der Waals surface area contributed by atoms with E-state index in [0.717, 1.165) is 16.2 Å². The number of hydrogen-bond acceptors (Lipinski definition) is 6. The van der Waals surface area contributed by atoms with E-state index in [1.807, 2.05) is 0 Å². The molecule has 3 rings (SSSR count). The summed E-state index contributed by atoms with van der Waals surface area (Å²) in [4.78, 5) is 53.0. The Hall–Kier alpha value is -2.87. The molecule has 1 aromatic carbocycles. The zero-order valence-corrected chi connectivity index (χ0v) is 14.5. The number of aryl methyl sites for hydroxylation is 1. The second kappa shape index (κ2) is 6.56. The lowest BCUT2D eigenvalue weighted by Gasteiger charge is -2.13.